The van der Waals surface area contributed by atoms with Gasteiger partial charge in [-0.25, -0.2) is 27.5 Å². The minimum atomic E-state index is -5.42. The zero-order valence-corrected chi connectivity index (χ0v) is 19.2. The molecular formula is C26H15F9N2O. The molecule has 0 saturated heterocycles. The highest BCUT2D eigenvalue weighted by Gasteiger charge is 2.41. The Morgan fingerprint density at radius 2 is 1.29 bits per heavy atom. The van der Waals surface area contributed by atoms with E-state index in [1.165, 1.54) is 12.1 Å². The van der Waals surface area contributed by atoms with Gasteiger partial charge < -0.3 is 4.74 Å². The lowest BCUT2D eigenvalue weighted by Crippen LogP contribution is -2.24. The molecule has 12 heteroatoms. The Morgan fingerprint density at radius 3 is 1.82 bits per heavy atom. The SMILES string of the molecule is CCc1cnc(-c2ccc(-c3ccc(C(F)(F)Oc4cc(F)c(C(F)(F)F)c(F)c4)c(F)c3)c(F)c2)nc1. The average Bonchev–Trinajstić information content (AvgIpc) is 2.82. The number of rotatable bonds is 6. The number of nitrogens with zero attached hydrogens (tertiary/aromatic N) is 2. The molecule has 0 saturated carbocycles. The van der Waals surface area contributed by atoms with Crippen LogP contribution in [0.5, 0.6) is 5.75 Å². The summed E-state index contributed by atoms with van der Waals surface area (Å²) in [5.41, 5.74) is -2.76. The molecule has 0 atom stereocenters. The predicted octanol–water partition coefficient (Wildman–Crippen LogP) is 8.08. The second kappa shape index (κ2) is 9.99. The van der Waals surface area contributed by atoms with Crippen LogP contribution in [-0.2, 0) is 18.7 Å². The van der Waals surface area contributed by atoms with E-state index >= 15 is 0 Å². The highest BCUT2D eigenvalue weighted by Crippen LogP contribution is 2.39. The van der Waals surface area contributed by atoms with E-state index < -0.39 is 52.4 Å². The van der Waals surface area contributed by atoms with E-state index in [0.717, 1.165) is 17.7 Å². The van der Waals surface area contributed by atoms with Crippen molar-refractivity contribution in [2.75, 3.05) is 0 Å². The molecule has 0 aliphatic rings. The maximum Gasteiger partial charge on any atom is 0.429 e. The molecule has 1 aromatic heterocycles. The van der Waals surface area contributed by atoms with Crippen LogP contribution in [-0.4, -0.2) is 9.97 Å². The summed E-state index contributed by atoms with van der Waals surface area (Å²) >= 11 is 0. The van der Waals surface area contributed by atoms with Gasteiger partial charge in [-0.05, 0) is 35.7 Å². The summed E-state index contributed by atoms with van der Waals surface area (Å²) in [7, 11) is 0. The Labute approximate surface area is 209 Å². The number of alkyl halides is 5. The van der Waals surface area contributed by atoms with Gasteiger partial charge in [0.2, 0.25) is 0 Å². The number of halogens is 9. The number of aromatic nitrogens is 2. The molecule has 0 unspecified atom stereocenters. The van der Waals surface area contributed by atoms with Crippen molar-refractivity contribution in [3.05, 3.63) is 101 Å². The van der Waals surface area contributed by atoms with Gasteiger partial charge >= 0.3 is 12.3 Å². The van der Waals surface area contributed by atoms with Crippen molar-refractivity contribution in [1.82, 2.24) is 9.97 Å². The van der Waals surface area contributed by atoms with Gasteiger partial charge in [0.1, 0.15) is 34.6 Å². The summed E-state index contributed by atoms with van der Waals surface area (Å²) in [6, 6.07) is 5.73. The Hall–Kier alpha value is -4.09. The molecule has 4 rings (SSSR count). The molecule has 4 aromatic rings. The molecule has 1 heterocycles. The van der Waals surface area contributed by atoms with Crippen LogP contribution in [0.25, 0.3) is 22.5 Å². The Morgan fingerprint density at radius 1 is 0.711 bits per heavy atom. The van der Waals surface area contributed by atoms with Crippen molar-refractivity contribution < 1.29 is 44.3 Å². The third-order valence-electron chi connectivity index (χ3n) is 5.48. The summed E-state index contributed by atoms with van der Waals surface area (Å²) in [6.45, 7) is 1.91. The zero-order valence-electron chi connectivity index (χ0n) is 19.2. The Kier molecular flexibility index (Phi) is 7.09. The first-order valence-electron chi connectivity index (χ1n) is 10.8. The summed E-state index contributed by atoms with van der Waals surface area (Å²) in [5.74, 6) is -7.84. The molecule has 0 spiro atoms. The molecule has 198 valence electrons. The predicted molar refractivity (Wildman–Crippen MR) is 118 cm³/mol. The third-order valence-corrected chi connectivity index (χ3v) is 5.48. The Bertz CT molecular complexity index is 1460. The molecule has 0 N–H and O–H groups in total. The fourth-order valence-corrected chi connectivity index (χ4v) is 3.58. The first kappa shape index (κ1) is 27.0. The molecule has 0 amide bonds. The number of hydrogen-bond acceptors (Lipinski definition) is 3. The molecule has 3 nitrogen and oxygen atoms in total. The average molecular weight is 542 g/mol. The monoisotopic (exact) mass is 542 g/mol. The Balaban J connectivity index is 1.60. The molecule has 0 aliphatic carbocycles. The third kappa shape index (κ3) is 5.43. The van der Waals surface area contributed by atoms with Crippen molar-refractivity contribution >= 4 is 0 Å². The lowest BCUT2D eigenvalue weighted by molar-refractivity contribution is -0.187. The fourth-order valence-electron chi connectivity index (χ4n) is 3.58. The second-order valence-corrected chi connectivity index (χ2v) is 8.04. The van der Waals surface area contributed by atoms with Crippen LogP contribution in [0.3, 0.4) is 0 Å². The lowest BCUT2D eigenvalue weighted by atomic mass is 10.0. The van der Waals surface area contributed by atoms with E-state index in [2.05, 4.69) is 14.7 Å². The molecule has 0 aliphatic heterocycles. The highest BCUT2D eigenvalue weighted by atomic mass is 19.4. The minimum absolute atomic E-state index is 0.0947. The molecule has 38 heavy (non-hydrogen) atoms. The number of ether oxygens (including phenoxy) is 1. The van der Waals surface area contributed by atoms with E-state index in [9.17, 15) is 39.5 Å². The summed E-state index contributed by atoms with van der Waals surface area (Å²) in [4.78, 5) is 8.28. The van der Waals surface area contributed by atoms with Crippen LogP contribution in [0.2, 0.25) is 0 Å². The zero-order chi connectivity index (χ0) is 27.8. The normalized spacial score (nSPS) is 12.1. The lowest BCUT2D eigenvalue weighted by Gasteiger charge is -2.20. The summed E-state index contributed by atoms with van der Waals surface area (Å²) < 4.78 is 128. The van der Waals surface area contributed by atoms with Gasteiger partial charge in [0, 0.05) is 35.7 Å². The van der Waals surface area contributed by atoms with Crippen LogP contribution in [0, 0.1) is 23.3 Å². The van der Waals surface area contributed by atoms with Gasteiger partial charge in [-0.3, -0.25) is 0 Å². The molecular weight excluding hydrogens is 527 g/mol. The van der Waals surface area contributed by atoms with Crippen LogP contribution >= 0.6 is 0 Å². The smallest absolute Gasteiger partial charge is 0.429 e. The largest absolute Gasteiger partial charge is 0.429 e. The van der Waals surface area contributed by atoms with E-state index in [1.54, 1.807) is 12.4 Å². The molecule has 0 bridgehead atoms. The van der Waals surface area contributed by atoms with Crippen molar-refractivity contribution in [2.45, 2.75) is 25.6 Å². The minimum Gasteiger partial charge on any atom is -0.429 e. The second-order valence-electron chi connectivity index (χ2n) is 8.04. The number of aryl methyl sites for hydroxylation is 1. The van der Waals surface area contributed by atoms with Gasteiger partial charge in [-0.1, -0.05) is 25.1 Å². The quantitative estimate of drug-likeness (QED) is 0.231. The highest BCUT2D eigenvalue weighted by molar-refractivity contribution is 5.69. The van der Waals surface area contributed by atoms with Gasteiger partial charge in [0.15, 0.2) is 5.82 Å². The standard InChI is InChI=1S/C26H15F9N2O/c1-2-13-11-36-24(37-12-13)15-3-5-17(19(27)8-15)14-4-6-18(20(28)7-14)26(34,35)38-16-9-21(29)23(22(30)10-16)25(31,32)33/h3-12H,2H2,1H3. The number of hydrogen-bond donors (Lipinski definition) is 0. The van der Waals surface area contributed by atoms with E-state index in [1.807, 2.05) is 6.92 Å². The summed E-state index contributed by atoms with van der Waals surface area (Å²) in [6.07, 6.45) is -6.10. The first-order chi connectivity index (χ1) is 17.8. The van der Waals surface area contributed by atoms with E-state index in [-0.39, 0.29) is 29.1 Å². The van der Waals surface area contributed by atoms with Crippen LogP contribution in [0.1, 0.15) is 23.6 Å². The first-order valence-corrected chi connectivity index (χ1v) is 10.8. The van der Waals surface area contributed by atoms with Gasteiger partial charge in [0.25, 0.3) is 0 Å². The maximum absolute atomic E-state index is 14.8. The molecule has 0 fully saturated rings. The number of benzene rings is 3. The van der Waals surface area contributed by atoms with Crippen LogP contribution < -0.4 is 4.74 Å². The van der Waals surface area contributed by atoms with Crippen molar-refractivity contribution in [3.8, 4) is 28.3 Å². The van der Waals surface area contributed by atoms with Gasteiger partial charge in [-0.2, -0.15) is 22.0 Å². The van der Waals surface area contributed by atoms with Crippen molar-refractivity contribution in [1.29, 1.82) is 0 Å². The topological polar surface area (TPSA) is 35.0 Å². The maximum atomic E-state index is 14.8. The van der Waals surface area contributed by atoms with Crippen molar-refractivity contribution in [2.24, 2.45) is 0 Å². The molecule has 3 aromatic carbocycles. The van der Waals surface area contributed by atoms with Gasteiger partial charge in [-0.15, -0.1) is 0 Å². The molecule has 0 radical (unpaired) electrons. The summed E-state index contributed by atoms with van der Waals surface area (Å²) in [5, 5.41) is 0. The van der Waals surface area contributed by atoms with E-state index in [4.69, 9.17) is 0 Å². The van der Waals surface area contributed by atoms with Gasteiger partial charge in [0.05, 0.1) is 5.56 Å². The van der Waals surface area contributed by atoms with Crippen LogP contribution in [0.4, 0.5) is 39.5 Å². The van der Waals surface area contributed by atoms with Crippen molar-refractivity contribution in [3.63, 3.8) is 0 Å². The van der Waals surface area contributed by atoms with E-state index in [0.29, 0.717) is 24.1 Å². The fraction of sp³-hybridized carbons (Fsp3) is 0.154. The van der Waals surface area contributed by atoms with Crippen LogP contribution in [0.15, 0.2) is 60.9 Å².